The van der Waals surface area contributed by atoms with Crippen LogP contribution in [0.3, 0.4) is 0 Å². The Labute approximate surface area is 150 Å². The maximum absolute atomic E-state index is 12.6. The Morgan fingerprint density at radius 1 is 1.12 bits per heavy atom. The number of carboxylic acids is 1. The Bertz CT molecular complexity index is 1050. The summed E-state index contributed by atoms with van der Waals surface area (Å²) in [6, 6.07) is 13.3. The molecule has 0 spiro atoms. The number of nitrogens with zero attached hydrogens (tertiary/aromatic N) is 1. The highest BCUT2D eigenvalue weighted by molar-refractivity contribution is 7.90. The van der Waals surface area contributed by atoms with Gasteiger partial charge in [0.15, 0.2) is 0 Å². The predicted molar refractivity (Wildman–Crippen MR) is 98.0 cm³/mol. The molecule has 25 heavy (non-hydrogen) atoms. The third kappa shape index (κ3) is 3.41. The van der Waals surface area contributed by atoms with E-state index in [1.54, 1.807) is 43.3 Å². The zero-order valence-electron chi connectivity index (χ0n) is 13.4. The Hall–Kier alpha value is -2.31. The van der Waals surface area contributed by atoms with Crippen molar-refractivity contribution in [3.8, 4) is 0 Å². The van der Waals surface area contributed by atoms with Crippen molar-refractivity contribution in [2.24, 2.45) is 0 Å². The van der Waals surface area contributed by atoms with Gasteiger partial charge in [-0.15, -0.1) is 0 Å². The summed E-state index contributed by atoms with van der Waals surface area (Å²) in [5.74, 6) is -1.02. The predicted octanol–water partition coefficient (Wildman–Crippen LogP) is 3.78. The van der Waals surface area contributed by atoms with Crippen molar-refractivity contribution in [2.75, 3.05) is 5.75 Å². The van der Waals surface area contributed by atoms with Gasteiger partial charge < -0.3 is 5.11 Å². The van der Waals surface area contributed by atoms with Gasteiger partial charge in [0.25, 0.3) is 0 Å². The van der Waals surface area contributed by atoms with Gasteiger partial charge in [-0.1, -0.05) is 23.7 Å². The minimum atomic E-state index is -3.49. The Kier molecular flexibility index (Phi) is 4.58. The molecule has 0 saturated carbocycles. The quantitative estimate of drug-likeness (QED) is 0.734. The molecular formula is C18H16ClNO4S. The Morgan fingerprint density at radius 2 is 1.80 bits per heavy atom. The molecule has 0 bridgehead atoms. The molecule has 130 valence electrons. The van der Waals surface area contributed by atoms with Crippen molar-refractivity contribution in [1.29, 1.82) is 0 Å². The molecular weight excluding hydrogens is 362 g/mol. The van der Waals surface area contributed by atoms with E-state index in [-0.39, 0.29) is 11.3 Å². The molecule has 1 aromatic heterocycles. The van der Waals surface area contributed by atoms with Crippen molar-refractivity contribution >= 4 is 38.5 Å². The molecule has 3 aromatic rings. The van der Waals surface area contributed by atoms with Crippen molar-refractivity contribution in [1.82, 2.24) is 3.97 Å². The number of fused-ring (bicyclic) bond motifs is 1. The van der Waals surface area contributed by atoms with Crippen molar-refractivity contribution < 1.29 is 18.3 Å². The SMILES string of the molecule is CCS(=O)(=O)n1c(Cc2ccc(C(=O)O)cc2)cc2cc(Cl)ccc21. The van der Waals surface area contributed by atoms with Gasteiger partial charge in [0, 0.05) is 22.5 Å². The highest BCUT2D eigenvalue weighted by Crippen LogP contribution is 2.27. The first kappa shape index (κ1) is 17.5. The third-order valence-electron chi connectivity index (χ3n) is 4.02. The van der Waals surface area contributed by atoms with Gasteiger partial charge in [0.1, 0.15) is 0 Å². The van der Waals surface area contributed by atoms with Crippen LogP contribution in [0.25, 0.3) is 10.9 Å². The van der Waals surface area contributed by atoms with Crippen molar-refractivity contribution in [3.05, 3.63) is 70.4 Å². The second-order valence-electron chi connectivity index (χ2n) is 5.68. The summed E-state index contributed by atoms with van der Waals surface area (Å²) in [5, 5.41) is 10.3. The molecule has 2 aromatic carbocycles. The topological polar surface area (TPSA) is 76.4 Å². The smallest absolute Gasteiger partial charge is 0.335 e. The summed E-state index contributed by atoms with van der Waals surface area (Å²) in [5.41, 5.74) is 2.22. The van der Waals surface area contributed by atoms with E-state index in [1.165, 1.54) is 16.1 Å². The van der Waals surface area contributed by atoms with Crippen LogP contribution in [0.1, 0.15) is 28.5 Å². The lowest BCUT2D eigenvalue weighted by atomic mass is 10.1. The van der Waals surface area contributed by atoms with Gasteiger partial charge >= 0.3 is 5.97 Å². The van der Waals surface area contributed by atoms with E-state index in [4.69, 9.17) is 16.7 Å². The Morgan fingerprint density at radius 3 is 2.40 bits per heavy atom. The molecule has 3 rings (SSSR count). The van der Waals surface area contributed by atoms with Crippen LogP contribution >= 0.6 is 11.6 Å². The maximum atomic E-state index is 12.6. The molecule has 0 aliphatic heterocycles. The first-order chi connectivity index (χ1) is 11.8. The number of hydrogen-bond acceptors (Lipinski definition) is 3. The van der Waals surface area contributed by atoms with E-state index in [0.717, 1.165) is 10.9 Å². The van der Waals surface area contributed by atoms with Crippen LogP contribution in [-0.4, -0.2) is 29.2 Å². The molecule has 5 nitrogen and oxygen atoms in total. The highest BCUT2D eigenvalue weighted by atomic mass is 35.5. The van der Waals surface area contributed by atoms with E-state index < -0.39 is 16.0 Å². The molecule has 0 radical (unpaired) electrons. The summed E-state index contributed by atoms with van der Waals surface area (Å²) < 4.78 is 26.5. The van der Waals surface area contributed by atoms with Crippen LogP contribution in [-0.2, 0) is 16.4 Å². The molecule has 1 heterocycles. The zero-order chi connectivity index (χ0) is 18.2. The molecule has 0 atom stereocenters. The average molecular weight is 378 g/mol. The van der Waals surface area contributed by atoms with E-state index in [0.29, 0.717) is 22.7 Å². The number of carbonyl (C=O) groups is 1. The summed E-state index contributed by atoms with van der Waals surface area (Å²) >= 11 is 6.02. The normalized spacial score (nSPS) is 11.8. The van der Waals surface area contributed by atoms with E-state index in [2.05, 4.69) is 0 Å². The van der Waals surface area contributed by atoms with E-state index in [9.17, 15) is 13.2 Å². The summed E-state index contributed by atoms with van der Waals surface area (Å²) in [6.07, 6.45) is 0.366. The number of benzene rings is 2. The molecule has 0 amide bonds. The molecule has 0 unspecified atom stereocenters. The molecule has 7 heteroatoms. The van der Waals surface area contributed by atoms with Crippen LogP contribution < -0.4 is 0 Å². The minimum Gasteiger partial charge on any atom is -0.478 e. The van der Waals surface area contributed by atoms with Gasteiger partial charge in [-0.2, -0.15) is 0 Å². The van der Waals surface area contributed by atoms with Gasteiger partial charge in [-0.25, -0.2) is 17.2 Å². The number of aromatic nitrogens is 1. The van der Waals surface area contributed by atoms with Crippen LogP contribution in [0.2, 0.25) is 5.02 Å². The average Bonchev–Trinajstić information content (AvgIpc) is 2.92. The number of rotatable bonds is 5. The molecule has 1 N–H and O–H groups in total. The molecule has 0 saturated heterocycles. The fourth-order valence-electron chi connectivity index (χ4n) is 2.77. The minimum absolute atomic E-state index is 0.0235. The molecule has 0 fully saturated rings. The highest BCUT2D eigenvalue weighted by Gasteiger charge is 2.19. The van der Waals surface area contributed by atoms with Crippen molar-refractivity contribution in [2.45, 2.75) is 13.3 Å². The van der Waals surface area contributed by atoms with Gasteiger partial charge in [-0.05, 0) is 48.9 Å². The summed E-state index contributed by atoms with van der Waals surface area (Å²) in [4.78, 5) is 10.9. The molecule has 0 aliphatic rings. The number of aromatic carboxylic acids is 1. The monoisotopic (exact) mass is 377 g/mol. The third-order valence-corrected chi connectivity index (χ3v) is 5.97. The lowest BCUT2D eigenvalue weighted by Gasteiger charge is -2.10. The number of halogens is 1. The molecule has 0 aliphatic carbocycles. The van der Waals surface area contributed by atoms with E-state index in [1.807, 2.05) is 0 Å². The van der Waals surface area contributed by atoms with Gasteiger partial charge in [0.2, 0.25) is 10.0 Å². The van der Waals surface area contributed by atoms with Crippen LogP contribution in [0.5, 0.6) is 0 Å². The standard InChI is InChI=1S/C18H16ClNO4S/c1-2-25(23,24)20-16(11-14-10-15(19)7-8-17(14)20)9-12-3-5-13(6-4-12)18(21)22/h3-8,10-11H,2,9H2,1H3,(H,21,22). The maximum Gasteiger partial charge on any atom is 0.335 e. The van der Waals surface area contributed by atoms with E-state index >= 15 is 0 Å². The first-order valence-electron chi connectivity index (χ1n) is 7.67. The fraction of sp³-hybridized carbons (Fsp3) is 0.167. The fourth-order valence-corrected chi connectivity index (χ4v) is 4.15. The lowest BCUT2D eigenvalue weighted by Crippen LogP contribution is -2.17. The lowest BCUT2D eigenvalue weighted by molar-refractivity contribution is 0.0697. The second kappa shape index (κ2) is 6.54. The summed E-state index contributed by atoms with van der Waals surface area (Å²) in [7, 11) is -3.49. The number of carboxylic acid groups (broad SMARTS) is 1. The van der Waals surface area contributed by atoms with Crippen LogP contribution in [0.15, 0.2) is 48.5 Å². The van der Waals surface area contributed by atoms with Gasteiger partial charge in [0.05, 0.1) is 16.8 Å². The van der Waals surface area contributed by atoms with Crippen molar-refractivity contribution in [3.63, 3.8) is 0 Å². The summed E-state index contributed by atoms with van der Waals surface area (Å²) in [6.45, 7) is 1.60. The van der Waals surface area contributed by atoms with Crippen LogP contribution in [0, 0.1) is 0 Å². The first-order valence-corrected chi connectivity index (χ1v) is 9.66. The Balaban J connectivity index is 2.11. The van der Waals surface area contributed by atoms with Gasteiger partial charge in [-0.3, -0.25) is 0 Å². The second-order valence-corrected chi connectivity index (χ2v) is 8.23. The zero-order valence-corrected chi connectivity index (χ0v) is 15.0. The van der Waals surface area contributed by atoms with Crippen LogP contribution in [0.4, 0.5) is 0 Å². The largest absolute Gasteiger partial charge is 0.478 e. The number of hydrogen-bond donors (Lipinski definition) is 1.